The van der Waals surface area contributed by atoms with Gasteiger partial charge in [-0.1, -0.05) is 0 Å². The molecule has 1 aliphatic heterocycles. The van der Waals surface area contributed by atoms with Gasteiger partial charge in [0.25, 0.3) is 0 Å². The first-order valence-corrected chi connectivity index (χ1v) is 13.0. The lowest BCUT2D eigenvalue weighted by Crippen LogP contribution is -2.47. The van der Waals surface area contributed by atoms with E-state index >= 15 is 0 Å². The Morgan fingerprint density at radius 3 is 2.03 bits per heavy atom. The molecule has 9 heteroatoms. The molecule has 2 aliphatic carbocycles. The summed E-state index contributed by atoms with van der Waals surface area (Å²) in [5, 5.41) is 14.9. The monoisotopic (exact) mass is 490 g/mol. The van der Waals surface area contributed by atoms with Crippen molar-refractivity contribution in [3.63, 3.8) is 0 Å². The molecular weight excluding hydrogens is 448 g/mol. The average molecular weight is 491 g/mol. The number of piperidine rings is 1. The molecule has 1 aromatic heterocycles. The fraction of sp³-hybridized carbons (Fsp3) is 0.808. The van der Waals surface area contributed by atoms with Crippen LogP contribution in [0.1, 0.15) is 97.7 Å². The first-order chi connectivity index (χ1) is 16.3. The van der Waals surface area contributed by atoms with E-state index in [-0.39, 0.29) is 24.6 Å². The van der Waals surface area contributed by atoms with Gasteiger partial charge in [0.2, 0.25) is 0 Å². The molecule has 2 saturated carbocycles. The minimum atomic E-state index is -0.700. The highest BCUT2D eigenvalue weighted by Crippen LogP contribution is 2.46. The van der Waals surface area contributed by atoms with Crippen LogP contribution in [0.15, 0.2) is 6.20 Å². The van der Waals surface area contributed by atoms with Crippen molar-refractivity contribution in [1.29, 1.82) is 0 Å². The van der Waals surface area contributed by atoms with Crippen LogP contribution in [0.25, 0.3) is 0 Å². The number of imide groups is 1. The van der Waals surface area contributed by atoms with Crippen molar-refractivity contribution in [3.8, 4) is 0 Å². The predicted octanol–water partition coefficient (Wildman–Crippen LogP) is 4.84. The van der Waals surface area contributed by atoms with Crippen LogP contribution in [0.2, 0.25) is 0 Å². The third-order valence-corrected chi connectivity index (χ3v) is 6.76. The predicted molar refractivity (Wildman–Crippen MR) is 133 cm³/mol. The van der Waals surface area contributed by atoms with Crippen LogP contribution in [0.4, 0.5) is 15.3 Å². The highest BCUT2D eigenvalue weighted by molar-refractivity contribution is 5.88. The van der Waals surface area contributed by atoms with Gasteiger partial charge in [0.05, 0.1) is 23.5 Å². The van der Waals surface area contributed by atoms with E-state index in [9.17, 15) is 14.7 Å². The van der Waals surface area contributed by atoms with Crippen molar-refractivity contribution in [1.82, 2.24) is 14.7 Å². The van der Waals surface area contributed by atoms with Crippen LogP contribution in [0, 0.1) is 5.92 Å². The van der Waals surface area contributed by atoms with Crippen molar-refractivity contribution in [2.45, 2.75) is 109 Å². The van der Waals surface area contributed by atoms with Crippen LogP contribution < -0.4 is 4.90 Å². The van der Waals surface area contributed by atoms with Gasteiger partial charge in [0, 0.05) is 31.7 Å². The van der Waals surface area contributed by atoms with Crippen molar-refractivity contribution in [2.24, 2.45) is 5.92 Å². The van der Waals surface area contributed by atoms with E-state index < -0.39 is 23.4 Å². The summed E-state index contributed by atoms with van der Waals surface area (Å²) in [5.74, 6) is 0.714. The number of ether oxygens (including phenoxy) is 2. The molecule has 0 spiro atoms. The summed E-state index contributed by atoms with van der Waals surface area (Å²) in [6.07, 6.45) is 6.29. The maximum atomic E-state index is 12.8. The zero-order valence-corrected chi connectivity index (χ0v) is 22.1. The van der Waals surface area contributed by atoms with Gasteiger partial charge in [-0.3, -0.25) is 4.68 Å². The smallest absolute Gasteiger partial charge is 0.419 e. The van der Waals surface area contributed by atoms with E-state index in [0.717, 1.165) is 43.7 Å². The van der Waals surface area contributed by atoms with Crippen molar-refractivity contribution < 1.29 is 24.2 Å². The number of hydrogen-bond donors (Lipinski definition) is 1. The Balaban J connectivity index is 1.40. The molecule has 1 saturated heterocycles. The molecule has 3 aliphatic rings. The van der Waals surface area contributed by atoms with Gasteiger partial charge in [-0.25, -0.2) is 14.5 Å². The average Bonchev–Trinajstić information content (AvgIpc) is 3.44. The van der Waals surface area contributed by atoms with E-state index in [0.29, 0.717) is 5.92 Å². The molecule has 2 heterocycles. The first kappa shape index (κ1) is 25.8. The second-order valence-corrected chi connectivity index (χ2v) is 12.4. The summed E-state index contributed by atoms with van der Waals surface area (Å²) in [4.78, 5) is 29.1. The zero-order chi connectivity index (χ0) is 25.5. The molecule has 9 nitrogen and oxygen atoms in total. The highest BCUT2D eigenvalue weighted by Gasteiger charge is 2.40. The molecule has 4 rings (SSSR count). The van der Waals surface area contributed by atoms with Crippen LogP contribution in [0.3, 0.4) is 0 Å². The molecule has 1 N–H and O–H groups in total. The number of carbonyl (C=O) groups excluding carboxylic acids is 2. The maximum Gasteiger partial charge on any atom is 0.419 e. The molecule has 35 heavy (non-hydrogen) atoms. The number of aliphatic hydroxyl groups is 1. The Morgan fingerprint density at radius 1 is 1.00 bits per heavy atom. The summed E-state index contributed by atoms with van der Waals surface area (Å²) < 4.78 is 13.1. The van der Waals surface area contributed by atoms with Crippen molar-refractivity contribution in [2.75, 3.05) is 24.5 Å². The Hall–Kier alpha value is -2.29. The van der Waals surface area contributed by atoms with Crippen molar-refractivity contribution >= 4 is 17.9 Å². The van der Waals surface area contributed by atoms with Gasteiger partial charge < -0.3 is 19.5 Å². The number of nitrogens with zero attached hydrogens (tertiary/aromatic N) is 4. The molecule has 3 fully saturated rings. The fourth-order valence-electron chi connectivity index (χ4n) is 4.76. The summed E-state index contributed by atoms with van der Waals surface area (Å²) in [7, 11) is 0. The number of anilines is 1. The van der Waals surface area contributed by atoms with Gasteiger partial charge in [0.15, 0.2) is 0 Å². The third kappa shape index (κ3) is 6.68. The van der Waals surface area contributed by atoms with Crippen molar-refractivity contribution in [3.05, 3.63) is 11.9 Å². The van der Waals surface area contributed by atoms with Gasteiger partial charge in [-0.15, -0.1) is 0 Å². The molecule has 2 amide bonds. The third-order valence-electron chi connectivity index (χ3n) is 6.76. The van der Waals surface area contributed by atoms with Crippen LogP contribution in [-0.4, -0.2) is 68.9 Å². The standard InChI is InChI=1S/C26H42N4O5/c1-25(2,3)34-23(32)29(24(33)35-26(4,5)6)15-17-13-19(14-17)30-16-21(22(27-30)18-7-8-18)28-11-9-20(31)10-12-28/h16-20,31H,7-15H2,1-6H3. The summed E-state index contributed by atoms with van der Waals surface area (Å²) in [6.45, 7) is 12.7. The molecule has 0 radical (unpaired) electrons. The number of aliphatic hydroxyl groups excluding tert-OH is 1. The summed E-state index contributed by atoms with van der Waals surface area (Å²) in [6, 6.07) is 0.251. The normalized spacial score (nSPS) is 23.6. The summed E-state index contributed by atoms with van der Waals surface area (Å²) in [5.41, 5.74) is 1.00. The first-order valence-electron chi connectivity index (χ1n) is 13.0. The lowest BCUT2D eigenvalue weighted by molar-refractivity contribution is -0.00641. The molecule has 0 aromatic carbocycles. The molecule has 0 atom stereocenters. The Labute approximate surface area is 208 Å². The molecular formula is C26H42N4O5. The molecule has 1 aromatic rings. The number of carbonyl (C=O) groups is 2. The van der Waals surface area contributed by atoms with Gasteiger partial charge in [-0.2, -0.15) is 5.10 Å². The molecule has 0 unspecified atom stereocenters. The lowest BCUT2D eigenvalue weighted by Gasteiger charge is -2.38. The lowest BCUT2D eigenvalue weighted by atomic mass is 9.80. The van der Waals surface area contributed by atoms with Gasteiger partial charge in [-0.05, 0) is 86.0 Å². The fourth-order valence-corrected chi connectivity index (χ4v) is 4.76. The van der Waals surface area contributed by atoms with E-state index in [1.807, 2.05) is 0 Å². The molecule has 0 bridgehead atoms. The van der Waals surface area contributed by atoms with E-state index in [1.165, 1.54) is 24.2 Å². The number of rotatable bonds is 5. The largest absolute Gasteiger partial charge is 0.443 e. The maximum absolute atomic E-state index is 12.8. The Bertz CT molecular complexity index is 885. The quantitative estimate of drug-likeness (QED) is 0.630. The second-order valence-electron chi connectivity index (χ2n) is 12.4. The van der Waals surface area contributed by atoms with Crippen LogP contribution in [0.5, 0.6) is 0 Å². The number of hydrogen-bond acceptors (Lipinski definition) is 7. The van der Waals surface area contributed by atoms with Gasteiger partial charge >= 0.3 is 12.2 Å². The van der Waals surface area contributed by atoms with E-state index in [2.05, 4.69) is 15.8 Å². The topological polar surface area (TPSA) is 97.1 Å². The molecule has 196 valence electrons. The van der Waals surface area contributed by atoms with Crippen LogP contribution >= 0.6 is 0 Å². The Morgan fingerprint density at radius 2 is 1.54 bits per heavy atom. The summed E-state index contributed by atoms with van der Waals surface area (Å²) >= 11 is 0. The second kappa shape index (κ2) is 9.64. The minimum absolute atomic E-state index is 0.169. The number of aromatic nitrogens is 2. The zero-order valence-electron chi connectivity index (χ0n) is 22.1. The van der Waals surface area contributed by atoms with Gasteiger partial charge in [0.1, 0.15) is 11.2 Å². The number of amides is 2. The Kier molecular flexibility index (Phi) is 7.10. The van der Waals surface area contributed by atoms with E-state index in [4.69, 9.17) is 14.6 Å². The van der Waals surface area contributed by atoms with Crippen LogP contribution in [-0.2, 0) is 9.47 Å². The minimum Gasteiger partial charge on any atom is -0.443 e. The SMILES string of the molecule is CC(C)(C)OC(=O)N(CC1CC(n2cc(N3CCC(O)CC3)c(C3CC3)n2)C1)C(=O)OC(C)(C)C. The highest BCUT2D eigenvalue weighted by atomic mass is 16.6. The van der Waals surface area contributed by atoms with E-state index in [1.54, 1.807) is 41.5 Å².